The summed E-state index contributed by atoms with van der Waals surface area (Å²) in [7, 11) is 0. The third kappa shape index (κ3) is 4.42. The van der Waals surface area contributed by atoms with Crippen LogP contribution in [0.5, 0.6) is 0 Å². The second kappa shape index (κ2) is 5.85. The fourth-order valence-electron chi connectivity index (χ4n) is 1.97. The van der Waals surface area contributed by atoms with Crippen molar-refractivity contribution in [1.29, 1.82) is 0 Å². The van der Waals surface area contributed by atoms with Crippen LogP contribution < -0.4 is 5.73 Å². The molecular weight excluding hydrogens is 192 g/mol. The number of hydrogen-bond donors (Lipinski definition) is 1. The minimum Gasteiger partial charge on any atom is -0.370 e. The molecule has 0 aromatic heterocycles. The average Bonchev–Trinajstić information content (AvgIpc) is 2.00. The summed E-state index contributed by atoms with van der Waals surface area (Å²) in [5.41, 5.74) is 5.15. The van der Waals surface area contributed by atoms with Crippen LogP contribution in [0.15, 0.2) is 0 Å². The van der Waals surface area contributed by atoms with E-state index in [1.54, 1.807) is 0 Å². The third-order valence-corrected chi connectivity index (χ3v) is 2.42. The van der Waals surface area contributed by atoms with Gasteiger partial charge < -0.3 is 5.73 Å². The van der Waals surface area contributed by atoms with Gasteiger partial charge in [-0.2, -0.15) is 0 Å². The van der Waals surface area contributed by atoms with Crippen LogP contribution in [0.2, 0.25) is 0 Å². The molecule has 88 valence electrons. The number of ketones is 1. The smallest absolute Gasteiger partial charge is 0.219 e. The Balaban J connectivity index is 4.84. The first kappa shape index (κ1) is 14.1. The minimum atomic E-state index is -0.429. The standard InChI is InChI=1S/C11H22N2O2/c1-7(2)13(8(3)4)10(9(5)14)6-11(12)15/h7-8,10H,6H2,1-5H3,(H2,12,15). The molecule has 1 amide bonds. The van der Waals surface area contributed by atoms with E-state index in [1.165, 1.54) is 6.92 Å². The molecule has 4 nitrogen and oxygen atoms in total. The van der Waals surface area contributed by atoms with Crippen LogP contribution in [0.3, 0.4) is 0 Å². The number of amides is 1. The highest BCUT2D eigenvalue weighted by molar-refractivity contribution is 5.87. The number of primary amides is 1. The predicted octanol–water partition coefficient (Wildman–Crippen LogP) is 0.938. The van der Waals surface area contributed by atoms with Gasteiger partial charge in [-0.1, -0.05) is 0 Å². The lowest BCUT2D eigenvalue weighted by atomic mass is 10.0. The number of nitrogens with zero attached hydrogens (tertiary/aromatic N) is 1. The zero-order valence-electron chi connectivity index (χ0n) is 10.3. The van der Waals surface area contributed by atoms with Crippen molar-refractivity contribution in [2.75, 3.05) is 0 Å². The van der Waals surface area contributed by atoms with Gasteiger partial charge in [0.05, 0.1) is 6.04 Å². The van der Waals surface area contributed by atoms with Gasteiger partial charge in [0.15, 0.2) is 0 Å². The summed E-state index contributed by atoms with van der Waals surface area (Å²) in [5, 5.41) is 0. The molecule has 0 saturated heterocycles. The normalized spacial score (nSPS) is 13.6. The van der Waals surface area contributed by atoms with E-state index in [1.807, 2.05) is 32.6 Å². The Hall–Kier alpha value is -0.900. The zero-order chi connectivity index (χ0) is 12.2. The van der Waals surface area contributed by atoms with E-state index in [4.69, 9.17) is 5.73 Å². The van der Waals surface area contributed by atoms with Crippen LogP contribution in [0.1, 0.15) is 41.0 Å². The van der Waals surface area contributed by atoms with Crippen molar-refractivity contribution in [1.82, 2.24) is 4.90 Å². The van der Waals surface area contributed by atoms with Crippen molar-refractivity contribution >= 4 is 11.7 Å². The Morgan fingerprint density at radius 3 is 1.73 bits per heavy atom. The second-order valence-electron chi connectivity index (χ2n) is 4.43. The maximum Gasteiger partial charge on any atom is 0.219 e. The molecule has 0 heterocycles. The van der Waals surface area contributed by atoms with Crippen LogP contribution in [0.25, 0.3) is 0 Å². The Morgan fingerprint density at radius 2 is 1.53 bits per heavy atom. The van der Waals surface area contributed by atoms with Gasteiger partial charge in [-0.3, -0.25) is 14.5 Å². The molecule has 1 unspecified atom stereocenters. The molecule has 0 aromatic rings. The highest BCUT2D eigenvalue weighted by Crippen LogP contribution is 2.14. The first-order chi connectivity index (χ1) is 6.77. The molecule has 0 aromatic carbocycles. The number of rotatable bonds is 6. The van der Waals surface area contributed by atoms with Crippen molar-refractivity contribution in [2.45, 2.75) is 59.2 Å². The van der Waals surface area contributed by atoms with Crippen LogP contribution in [0, 0.1) is 0 Å². The van der Waals surface area contributed by atoms with E-state index >= 15 is 0 Å². The van der Waals surface area contributed by atoms with E-state index in [2.05, 4.69) is 0 Å². The lowest BCUT2D eigenvalue weighted by Crippen LogP contribution is -2.49. The maximum atomic E-state index is 11.5. The number of nitrogens with two attached hydrogens (primary N) is 1. The molecule has 0 aliphatic rings. The number of carbonyl (C=O) groups excluding carboxylic acids is 2. The Labute approximate surface area is 91.8 Å². The molecular formula is C11H22N2O2. The van der Waals surface area contributed by atoms with Gasteiger partial charge in [-0.25, -0.2) is 0 Å². The van der Waals surface area contributed by atoms with Gasteiger partial charge in [-0.15, -0.1) is 0 Å². The Kier molecular flexibility index (Phi) is 5.50. The van der Waals surface area contributed by atoms with Crippen LogP contribution in [-0.2, 0) is 9.59 Å². The topological polar surface area (TPSA) is 63.4 Å². The molecule has 4 heteroatoms. The fourth-order valence-corrected chi connectivity index (χ4v) is 1.97. The largest absolute Gasteiger partial charge is 0.370 e. The molecule has 0 aliphatic heterocycles. The number of Topliss-reactive ketones (excluding diaryl/α,β-unsaturated/α-hetero) is 1. The van der Waals surface area contributed by atoms with Gasteiger partial charge in [0.1, 0.15) is 5.78 Å². The Bertz CT molecular complexity index is 229. The maximum absolute atomic E-state index is 11.5. The van der Waals surface area contributed by atoms with Gasteiger partial charge in [0, 0.05) is 18.5 Å². The van der Waals surface area contributed by atoms with Crippen molar-refractivity contribution in [3.8, 4) is 0 Å². The van der Waals surface area contributed by atoms with Crippen molar-refractivity contribution in [3.63, 3.8) is 0 Å². The van der Waals surface area contributed by atoms with Crippen LogP contribution in [-0.4, -0.2) is 34.7 Å². The lowest BCUT2D eigenvalue weighted by molar-refractivity contribution is -0.129. The molecule has 0 bridgehead atoms. The molecule has 1 atom stereocenters. The van der Waals surface area contributed by atoms with Crippen LogP contribution in [0.4, 0.5) is 0 Å². The third-order valence-electron chi connectivity index (χ3n) is 2.42. The SMILES string of the molecule is CC(=O)C(CC(N)=O)N(C(C)C)C(C)C. The molecule has 0 rings (SSSR count). The first-order valence-electron chi connectivity index (χ1n) is 5.33. The number of carbonyl (C=O) groups is 2. The van der Waals surface area contributed by atoms with E-state index < -0.39 is 5.91 Å². The molecule has 0 saturated carbocycles. The van der Waals surface area contributed by atoms with Crippen molar-refractivity contribution < 1.29 is 9.59 Å². The van der Waals surface area contributed by atoms with E-state index in [-0.39, 0.29) is 30.3 Å². The summed E-state index contributed by atoms with van der Waals surface area (Å²) in [4.78, 5) is 24.4. The summed E-state index contributed by atoms with van der Waals surface area (Å²) in [6.45, 7) is 9.55. The fraction of sp³-hybridized carbons (Fsp3) is 0.818. The molecule has 0 fully saturated rings. The Morgan fingerprint density at radius 1 is 1.13 bits per heavy atom. The summed E-state index contributed by atoms with van der Waals surface area (Å²) in [6, 6.07) is 0.0546. The molecule has 15 heavy (non-hydrogen) atoms. The summed E-state index contributed by atoms with van der Waals surface area (Å²) < 4.78 is 0. The molecule has 0 radical (unpaired) electrons. The lowest BCUT2D eigenvalue weighted by Gasteiger charge is -2.36. The zero-order valence-corrected chi connectivity index (χ0v) is 10.3. The highest BCUT2D eigenvalue weighted by Gasteiger charge is 2.28. The second-order valence-corrected chi connectivity index (χ2v) is 4.43. The predicted molar refractivity (Wildman–Crippen MR) is 60.4 cm³/mol. The van der Waals surface area contributed by atoms with Gasteiger partial charge in [0.2, 0.25) is 5.91 Å². The van der Waals surface area contributed by atoms with Crippen molar-refractivity contribution in [2.24, 2.45) is 5.73 Å². The monoisotopic (exact) mass is 214 g/mol. The first-order valence-corrected chi connectivity index (χ1v) is 5.33. The molecule has 0 spiro atoms. The van der Waals surface area contributed by atoms with E-state index in [9.17, 15) is 9.59 Å². The van der Waals surface area contributed by atoms with E-state index in [0.29, 0.717) is 0 Å². The van der Waals surface area contributed by atoms with Crippen LogP contribution >= 0.6 is 0 Å². The van der Waals surface area contributed by atoms with Gasteiger partial charge >= 0.3 is 0 Å². The average molecular weight is 214 g/mol. The van der Waals surface area contributed by atoms with Crippen molar-refractivity contribution in [3.05, 3.63) is 0 Å². The van der Waals surface area contributed by atoms with E-state index in [0.717, 1.165) is 0 Å². The number of hydrogen-bond acceptors (Lipinski definition) is 3. The molecule has 0 aliphatic carbocycles. The van der Waals surface area contributed by atoms with Gasteiger partial charge in [-0.05, 0) is 34.6 Å². The minimum absolute atomic E-state index is 0.00352. The summed E-state index contributed by atoms with van der Waals surface area (Å²) >= 11 is 0. The van der Waals surface area contributed by atoms with Gasteiger partial charge in [0.25, 0.3) is 0 Å². The quantitative estimate of drug-likeness (QED) is 0.715. The summed E-state index contributed by atoms with van der Waals surface area (Å²) in [6.07, 6.45) is 0.103. The highest BCUT2D eigenvalue weighted by atomic mass is 16.1. The summed E-state index contributed by atoms with van der Waals surface area (Å²) in [5.74, 6) is -0.433. The molecule has 2 N–H and O–H groups in total.